The summed E-state index contributed by atoms with van der Waals surface area (Å²) < 4.78 is 20.3. The maximum absolute atomic E-state index is 14.8. The number of carbonyl (C=O) groups is 1. The molecule has 0 aliphatic carbocycles. The molecule has 2 N–H and O–H groups in total. The van der Waals surface area contributed by atoms with E-state index in [1.165, 1.54) is 11.3 Å². The molecule has 0 atom stereocenters. The van der Waals surface area contributed by atoms with E-state index in [0.29, 0.717) is 12.0 Å². The number of ether oxygens (including phenoxy) is 1. The van der Waals surface area contributed by atoms with Crippen LogP contribution in [-0.2, 0) is 11.2 Å². The molecule has 1 fully saturated rings. The molecular formula is C30H48FN3O4. The van der Waals surface area contributed by atoms with E-state index in [1.807, 2.05) is 6.20 Å². The minimum Gasteiger partial charge on any atom is -0.483 e. The van der Waals surface area contributed by atoms with Crippen LogP contribution in [0.25, 0.3) is 11.1 Å². The molecule has 0 saturated carbocycles. The number of aryl methyl sites for hydroxylation is 1. The second-order valence-electron chi connectivity index (χ2n) is 11.4. The van der Waals surface area contributed by atoms with Crippen LogP contribution in [0.1, 0.15) is 91.8 Å². The third-order valence-corrected chi connectivity index (χ3v) is 6.26. The molecule has 0 bridgehead atoms. The van der Waals surface area contributed by atoms with Crippen molar-refractivity contribution in [2.75, 3.05) is 24.6 Å². The molecule has 8 heteroatoms. The molecule has 1 aliphatic heterocycles. The molecule has 3 rings (SSSR count). The smallest absolute Gasteiger partial charge is 0.290 e. The van der Waals surface area contributed by atoms with Crippen LogP contribution >= 0.6 is 0 Å². The lowest BCUT2D eigenvalue weighted by atomic mass is 9.82. The fourth-order valence-electron chi connectivity index (χ4n) is 4.17. The first-order valence-corrected chi connectivity index (χ1v) is 13.6. The molecule has 0 amide bonds. The first-order valence-electron chi connectivity index (χ1n) is 13.6. The average Bonchev–Trinajstić information content (AvgIpc) is 2.82. The lowest BCUT2D eigenvalue weighted by Gasteiger charge is -2.40. The summed E-state index contributed by atoms with van der Waals surface area (Å²) in [7, 11) is 0. The number of pyridine rings is 2. The van der Waals surface area contributed by atoms with Crippen LogP contribution in [0.2, 0.25) is 0 Å². The van der Waals surface area contributed by atoms with Gasteiger partial charge in [-0.05, 0) is 70.4 Å². The van der Waals surface area contributed by atoms with Crippen molar-refractivity contribution in [2.24, 2.45) is 5.41 Å². The summed E-state index contributed by atoms with van der Waals surface area (Å²) >= 11 is 0. The summed E-state index contributed by atoms with van der Waals surface area (Å²) in [5.41, 5.74) is 5.07. The van der Waals surface area contributed by atoms with Crippen molar-refractivity contribution >= 4 is 12.2 Å². The van der Waals surface area contributed by atoms with Crippen LogP contribution in [0.3, 0.4) is 0 Å². The van der Waals surface area contributed by atoms with Crippen LogP contribution in [0.5, 0.6) is 5.88 Å². The number of unbranched alkanes of at least 4 members (excludes halogenated alkanes) is 2. The van der Waals surface area contributed by atoms with Gasteiger partial charge in [0.2, 0.25) is 5.88 Å². The summed E-state index contributed by atoms with van der Waals surface area (Å²) in [6.45, 7) is 18.5. The van der Waals surface area contributed by atoms with Crippen LogP contribution in [-0.4, -0.2) is 52.0 Å². The predicted octanol–water partition coefficient (Wildman–Crippen LogP) is 6.83. The van der Waals surface area contributed by atoms with E-state index in [9.17, 15) is 4.39 Å². The van der Waals surface area contributed by atoms with Crippen molar-refractivity contribution in [1.29, 1.82) is 0 Å². The summed E-state index contributed by atoms with van der Waals surface area (Å²) in [5, 5.41) is 15.4. The number of aliphatic hydroxyl groups is 1. The van der Waals surface area contributed by atoms with Crippen molar-refractivity contribution in [3.63, 3.8) is 0 Å². The maximum atomic E-state index is 14.8. The van der Waals surface area contributed by atoms with Gasteiger partial charge in [0.05, 0.1) is 17.9 Å². The summed E-state index contributed by atoms with van der Waals surface area (Å²) in [5.74, 6) is -0.319. The number of carboxylic acid groups (broad SMARTS) is 1. The highest BCUT2D eigenvalue weighted by Crippen LogP contribution is 2.40. The van der Waals surface area contributed by atoms with E-state index >= 15 is 0 Å². The molecule has 0 unspecified atom stereocenters. The van der Waals surface area contributed by atoms with Crippen LogP contribution in [0.15, 0.2) is 18.5 Å². The molecular weight excluding hydrogens is 485 g/mol. The molecule has 7 nitrogen and oxygen atoms in total. The second kappa shape index (κ2) is 15.6. The Bertz CT molecular complexity index is 990. The summed E-state index contributed by atoms with van der Waals surface area (Å²) in [4.78, 5) is 19.7. The predicted molar refractivity (Wildman–Crippen MR) is 152 cm³/mol. The number of nitrogens with zero attached hydrogens (tertiary/aromatic N) is 3. The number of halogens is 1. The van der Waals surface area contributed by atoms with E-state index in [-0.39, 0.29) is 12.4 Å². The third kappa shape index (κ3) is 11.3. The van der Waals surface area contributed by atoms with Gasteiger partial charge in [-0.3, -0.25) is 9.78 Å². The van der Waals surface area contributed by atoms with Gasteiger partial charge in [-0.25, -0.2) is 9.37 Å². The van der Waals surface area contributed by atoms with Gasteiger partial charge in [-0.1, -0.05) is 40.5 Å². The SMILES string of the molecule is CC(C)(C)O.CCCCCOc1ncc(-c2cnc(C)c(CC)c2N2CCC(C)(C)CC2)cc1F.O=CO. The van der Waals surface area contributed by atoms with Gasteiger partial charge >= 0.3 is 0 Å². The topological polar surface area (TPSA) is 95.8 Å². The normalized spacial score (nSPS) is 14.5. The van der Waals surface area contributed by atoms with Crippen molar-refractivity contribution in [2.45, 2.75) is 99.5 Å². The minimum atomic E-state index is -0.500. The number of anilines is 1. The second-order valence-corrected chi connectivity index (χ2v) is 11.4. The van der Waals surface area contributed by atoms with Crippen molar-refractivity contribution in [1.82, 2.24) is 9.97 Å². The lowest BCUT2D eigenvalue weighted by molar-refractivity contribution is -0.122. The summed E-state index contributed by atoms with van der Waals surface area (Å²) in [6.07, 6.45) is 9.89. The highest BCUT2D eigenvalue weighted by atomic mass is 19.1. The summed E-state index contributed by atoms with van der Waals surface area (Å²) in [6, 6.07) is 1.55. The Kier molecular flexibility index (Phi) is 13.7. The number of aromatic nitrogens is 2. The van der Waals surface area contributed by atoms with Gasteiger partial charge < -0.3 is 19.8 Å². The first kappa shape index (κ1) is 33.3. The fraction of sp³-hybridized carbons (Fsp3) is 0.633. The van der Waals surface area contributed by atoms with Gasteiger partial charge in [-0.15, -0.1) is 0 Å². The van der Waals surface area contributed by atoms with Crippen molar-refractivity contribution in [3.8, 4) is 17.0 Å². The van der Waals surface area contributed by atoms with Gasteiger partial charge in [0.15, 0.2) is 5.82 Å². The molecule has 0 radical (unpaired) electrons. The third-order valence-electron chi connectivity index (χ3n) is 6.26. The Balaban J connectivity index is 0.000000794. The first-order chi connectivity index (χ1) is 17.8. The molecule has 0 aromatic carbocycles. The van der Waals surface area contributed by atoms with E-state index < -0.39 is 11.4 Å². The number of hydrogen-bond donors (Lipinski definition) is 2. The molecule has 3 heterocycles. The van der Waals surface area contributed by atoms with Gasteiger partial charge in [0.25, 0.3) is 6.47 Å². The van der Waals surface area contributed by atoms with Crippen molar-refractivity contribution < 1.29 is 24.1 Å². The molecule has 1 aliphatic rings. The number of hydrogen-bond acceptors (Lipinski definition) is 6. The van der Waals surface area contributed by atoms with Crippen LogP contribution < -0.4 is 9.64 Å². The maximum Gasteiger partial charge on any atom is 0.290 e. The standard InChI is InChI=1S/C25H36FN3O.C4H10O.CH2O2/c1-6-8-9-14-30-24-22(26)15-19(16-28-24)21-17-27-18(3)20(7-2)23(21)29-12-10-25(4,5)11-13-29;1-4(2,3)5;2-1-3/h15-17H,6-14H2,1-5H3;5H,1-3H3;1H,(H,2,3). The Hall–Kier alpha value is -2.74. The highest BCUT2D eigenvalue weighted by Gasteiger charge is 2.28. The molecule has 1 saturated heterocycles. The Morgan fingerprint density at radius 1 is 1.13 bits per heavy atom. The quantitative estimate of drug-likeness (QED) is 0.284. The van der Waals surface area contributed by atoms with E-state index in [4.69, 9.17) is 19.7 Å². The molecule has 0 spiro atoms. The van der Waals surface area contributed by atoms with Crippen LogP contribution in [0.4, 0.5) is 10.1 Å². The number of piperidine rings is 1. The van der Waals surface area contributed by atoms with E-state index in [0.717, 1.165) is 68.4 Å². The number of rotatable bonds is 8. The zero-order valence-electron chi connectivity index (χ0n) is 24.6. The molecule has 2 aromatic rings. The van der Waals surface area contributed by atoms with Crippen molar-refractivity contribution in [3.05, 3.63) is 35.5 Å². The Morgan fingerprint density at radius 2 is 1.71 bits per heavy atom. The van der Waals surface area contributed by atoms with Gasteiger partial charge in [-0.2, -0.15) is 0 Å². The Labute approximate surface area is 228 Å². The van der Waals surface area contributed by atoms with E-state index in [1.54, 1.807) is 33.0 Å². The molecule has 2 aromatic heterocycles. The van der Waals surface area contributed by atoms with E-state index in [2.05, 4.69) is 49.5 Å². The van der Waals surface area contributed by atoms with Gasteiger partial charge in [0.1, 0.15) is 0 Å². The molecule has 214 valence electrons. The lowest BCUT2D eigenvalue weighted by Crippen LogP contribution is -2.38. The zero-order valence-corrected chi connectivity index (χ0v) is 24.6. The van der Waals surface area contributed by atoms with Crippen LogP contribution in [0, 0.1) is 18.2 Å². The Morgan fingerprint density at radius 3 is 2.21 bits per heavy atom. The largest absolute Gasteiger partial charge is 0.483 e. The average molecular weight is 534 g/mol. The fourth-order valence-corrected chi connectivity index (χ4v) is 4.17. The van der Waals surface area contributed by atoms with Gasteiger partial charge in [0, 0.05) is 42.3 Å². The molecule has 38 heavy (non-hydrogen) atoms. The monoisotopic (exact) mass is 533 g/mol. The minimum absolute atomic E-state index is 0.0897. The highest BCUT2D eigenvalue weighted by molar-refractivity contribution is 5.81. The zero-order chi connectivity index (χ0) is 28.9.